The molecule has 0 saturated heterocycles. The smallest absolute Gasteiger partial charge is 0.300 e. The van der Waals surface area contributed by atoms with E-state index in [2.05, 4.69) is 21.6 Å². The van der Waals surface area contributed by atoms with E-state index in [0.29, 0.717) is 31.6 Å². The summed E-state index contributed by atoms with van der Waals surface area (Å²) in [5.74, 6) is -1.46. The van der Waals surface area contributed by atoms with E-state index in [4.69, 9.17) is 0 Å². The summed E-state index contributed by atoms with van der Waals surface area (Å²) in [6.45, 7) is 0.655. The van der Waals surface area contributed by atoms with Crippen molar-refractivity contribution in [2.75, 3.05) is 6.54 Å². The summed E-state index contributed by atoms with van der Waals surface area (Å²) < 4.78 is 29.5. The zero-order valence-corrected chi connectivity index (χ0v) is 17.7. The fourth-order valence-electron chi connectivity index (χ4n) is 3.93. The molecule has 7 nitrogen and oxygen atoms in total. The largest absolute Gasteiger partial charge is 0.356 e. The molecule has 0 saturated carbocycles. The minimum absolute atomic E-state index is 0.00378. The number of fused-ring (bicyclic) bond motifs is 1. The van der Waals surface area contributed by atoms with Crippen LogP contribution in [0.4, 0.5) is 8.78 Å². The minimum atomic E-state index is -1.04. The molecule has 0 spiro atoms. The van der Waals surface area contributed by atoms with Gasteiger partial charge in [0.15, 0.2) is 11.6 Å². The van der Waals surface area contributed by atoms with E-state index in [-0.39, 0.29) is 17.2 Å². The number of carbonyl (C=O) groups excluding carboxylic acids is 1. The molecule has 1 amide bonds. The molecule has 2 aromatic heterocycles. The first kappa shape index (κ1) is 21.9. The standard InChI is InChI=1S/C23H25F2N5O2/c24-18-10-9-17(15-19(18)25)29-13-14-30-20(27-28-22(30)23(29)32)7-4-8-21(31)26-12-11-16-5-2-1-3-6-16/h5,9-10,13-15H,1-4,6-8,11-12H2,(H,26,31). The van der Waals surface area contributed by atoms with E-state index >= 15 is 0 Å². The Balaban J connectivity index is 1.34. The quantitative estimate of drug-likeness (QED) is 0.543. The molecule has 1 aliphatic carbocycles. The first-order chi connectivity index (χ1) is 15.5. The highest BCUT2D eigenvalue weighted by atomic mass is 19.2. The average Bonchev–Trinajstić information content (AvgIpc) is 3.21. The molecule has 4 rings (SSSR count). The molecule has 2 heterocycles. The summed E-state index contributed by atoms with van der Waals surface area (Å²) >= 11 is 0. The van der Waals surface area contributed by atoms with Crippen molar-refractivity contribution in [1.82, 2.24) is 24.5 Å². The van der Waals surface area contributed by atoms with Gasteiger partial charge in [0.2, 0.25) is 11.6 Å². The highest BCUT2D eigenvalue weighted by molar-refractivity contribution is 5.75. The maximum Gasteiger partial charge on any atom is 0.300 e. The molecule has 0 atom stereocenters. The molecule has 0 aliphatic heterocycles. The van der Waals surface area contributed by atoms with Gasteiger partial charge >= 0.3 is 5.56 Å². The average molecular weight is 441 g/mol. The number of aromatic nitrogens is 4. The fraction of sp³-hybridized carbons (Fsp3) is 0.391. The van der Waals surface area contributed by atoms with Gasteiger partial charge in [-0.15, -0.1) is 10.2 Å². The number of amides is 1. The van der Waals surface area contributed by atoms with Crippen LogP contribution in [0.3, 0.4) is 0 Å². The molecule has 0 unspecified atom stereocenters. The number of nitrogens with one attached hydrogen (secondary N) is 1. The first-order valence-electron chi connectivity index (χ1n) is 10.9. The molecule has 0 radical (unpaired) electrons. The highest BCUT2D eigenvalue weighted by Crippen LogP contribution is 2.19. The molecule has 1 aliphatic rings. The van der Waals surface area contributed by atoms with E-state index in [0.717, 1.165) is 31.4 Å². The van der Waals surface area contributed by atoms with E-state index in [1.165, 1.54) is 35.2 Å². The van der Waals surface area contributed by atoms with Crippen molar-refractivity contribution in [1.29, 1.82) is 0 Å². The van der Waals surface area contributed by atoms with Crippen molar-refractivity contribution in [2.24, 2.45) is 0 Å². The third-order valence-electron chi connectivity index (χ3n) is 5.68. The highest BCUT2D eigenvalue weighted by Gasteiger charge is 2.13. The van der Waals surface area contributed by atoms with Crippen LogP contribution >= 0.6 is 0 Å². The van der Waals surface area contributed by atoms with Gasteiger partial charge in [0.1, 0.15) is 5.82 Å². The van der Waals surface area contributed by atoms with Crippen molar-refractivity contribution < 1.29 is 13.6 Å². The molecule has 168 valence electrons. The van der Waals surface area contributed by atoms with Crippen molar-refractivity contribution in [3.05, 3.63) is 70.1 Å². The van der Waals surface area contributed by atoms with Crippen LogP contribution in [0.5, 0.6) is 0 Å². The van der Waals surface area contributed by atoms with Crippen LogP contribution in [0.2, 0.25) is 0 Å². The third kappa shape index (κ3) is 4.92. The molecular weight excluding hydrogens is 416 g/mol. The number of halogens is 2. The number of nitrogens with zero attached hydrogens (tertiary/aromatic N) is 4. The number of aryl methyl sites for hydroxylation is 1. The van der Waals surface area contributed by atoms with Gasteiger partial charge in [0.05, 0.1) is 5.69 Å². The van der Waals surface area contributed by atoms with E-state index in [1.54, 1.807) is 10.6 Å². The topological polar surface area (TPSA) is 81.3 Å². The number of benzene rings is 1. The maximum absolute atomic E-state index is 13.5. The van der Waals surface area contributed by atoms with Crippen LogP contribution in [0, 0.1) is 11.6 Å². The fourth-order valence-corrected chi connectivity index (χ4v) is 3.93. The lowest BCUT2D eigenvalue weighted by Crippen LogP contribution is -2.24. The monoisotopic (exact) mass is 441 g/mol. The van der Waals surface area contributed by atoms with Gasteiger partial charge in [0, 0.05) is 37.8 Å². The second-order valence-electron chi connectivity index (χ2n) is 7.94. The van der Waals surface area contributed by atoms with Crippen LogP contribution in [0.1, 0.15) is 50.8 Å². The Hall–Kier alpha value is -3.36. The van der Waals surface area contributed by atoms with Crippen LogP contribution in [0.15, 0.2) is 47.0 Å². The maximum atomic E-state index is 13.5. The summed E-state index contributed by atoms with van der Waals surface area (Å²) in [5, 5.41) is 11.0. The second-order valence-corrected chi connectivity index (χ2v) is 7.94. The lowest BCUT2D eigenvalue weighted by molar-refractivity contribution is -0.121. The van der Waals surface area contributed by atoms with Crippen LogP contribution in [-0.2, 0) is 11.2 Å². The Morgan fingerprint density at radius 3 is 2.75 bits per heavy atom. The number of hydrogen-bond donors (Lipinski definition) is 1. The van der Waals surface area contributed by atoms with Gasteiger partial charge in [-0.3, -0.25) is 18.6 Å². The molecule has 32 heavy (non-hydrogen) atoms. The molecule has 9 heteroatoms. The van der Waals surface area contributed by atoms with Crippen LogP contribution in [0.25, 0.3) is 11.3 Å². The summed E-state index contributed by atoms with van der Waals surface area (Å²) in [6.07, 6.45) is 12.4. The van der Waals surface area contributed by atoms with Crippen molar-refractivity contribution in [3.63, 3.8) is 0 Å². The Labute approximate surface area is 183 Å². The van der Waals surface area contributed by atoms with E-state index in [9.17, 15) is 18.4 Å². The van der Waals surface area contributed by atoms with E-state index < -0.39 is 17.2 Å². The van der Waals surface area contributed by atoms with E-state index in [1.807, 2.05) is 0 Å². The molecule has 0 bridgehead atoms. The normalized spacial score (nSPS) is 13.9. The van der Waals surface area contributed by atoms with Crippen molar-refractivity contribution >= 4 is 11.6 Å². The summed E-state index contributed by atoms with van der Waals surface area (Å²) in [4.78, 5) is 24.8. The zero-order chi connectivity index (χ0) is 22.5. The predicted octanol–water partition coefficient (Wildman–Crippen LogP) is 3.49. The summed E-state index contributed by atoms with van der Waals surface area (Å²) in [7, 11) is 0. The lowest BCUT2D eigenvalue weighted by Gasteiger charge is -2.12. The Morgan fingerprint density at radius 1 is 1.09 bits per heavy atom. The van der Waals surface area contributed by atoms with Gasteiger partial charge in [-0.2, -0.15) is 0 Å². The second kappa shape index (κ2) is 9.84. The third-order valence-corrected chi connectivity index (χ3v) is 5.68. The molecule has 0 fully saturated rings. The van der Waals surface area contributed by atoms with Crippen LogP contribution < -0.4 is 10.9 Å². The van der Waals surface area contributed by atoms with Crippen molar-refractivity contribution in [3.8, 4) is 5.69 Å². The Morgan fingerprint density at radius 2 is 1.97 bits per heavy atom. The number of rotatable bonds is 8. The number of allylic oxidation sites excluding steroid dienone is 1. The zero-order valence-electron chi connectivity index (χ0n) is 17.7. The molecule has 3 aromatic rings. The first-order valence-corrected chi connectivity index (χ1v) is 10.9. The summed E-state index contributed by atoms with van der Waals surface area (Å²) in [6, 6.07) is 3.23. The lowest BCUT2D eigenvalue weighted by atomic mass is 9.97. The SMILES string of the molecule is O=C(CCCc1nnc2c(=O)n(-c3ccc(F)c(F)c3)ccn12)NCCC1=CCCCC1. The summed E-state index contributed by atoms with van der Waals surface area (Å²) in [5.41, 5.74) is 1.21. The number of hydrogen-bond acceptors (Lipinski definition) is 4. The molecule has 1 aromatic carbocycles. The van der Waals surface area contributed by atoms with Gasteiger partial charge in [0.25, 0.3) is 0 Å². The molecule has 1 N–H and O–H groups in total. The molecular formula is C23H25F2N5O2. The number of carbonyl (C=O) groups is 1. The van der Waals surface area contributed by atoms with Crippen LogP contribution in [-0.4, -0.2) is 31.6 Å². The predicted molar refractivity (Wildman–Crippen MR) is 116 cm³/mol. The van der Waals surface area contributed by atoms with Gasteiger partial charge in [-0.25, -0.2) is 8.78 Å². The minimum Gasteiger partial charge on any atom is -0.356 e. The Bertz CT molecular complexity index is 1210. The van der Waals surface area contributed by atoms with Crippen molar-refractivity contribution in [2.45, 2.75) is 51.4 Å². The Kier molecular flexibility index (Phi) is 6.72. The van der Waals surface area contributed by atoms with Gasteiger partial charge in [-0.1, -0.05) is 11.6 Å². The van der Waals surface area contributed by atoms with Gasteiger partial charge < -0.3 is 5.32 Å². The van der Waals surface area contributed by atoms with Gasteiger partial charge in [-0.05, 0) is 50.7 Å².